The number of nitrogens with one attached hydrogen (secondary N) is 4. The zero-order valence-corrected chi connectivity index (χ0v) is 37.3. The van der Waals surface area contributed by atoms with Gasteiger partial charge in [-0.1, -0.05) is 78.9 Å². The largest absolute Gasteiger partial charge is 0.460 e. The maximum Gasteiger partial charge on any atom is 0.303 e. The predicted octanol–water partition coefficient (Wildman–Crippen LogP) is 7.66. The topological polar surface area (TPSA) is 227 Å². The minimum absolute atomic E-state index is 0.0837. The summed E-state index contributed by atoms with van der Waals surface area (Å²) in [4.78, 5) is 82.5. The lowest BCUT2D eigenvalue weighted by Crippen LogP contribution is -2.33. The number of hydrogen-bond acceptors (Lipinski definition) is 10. The second-order valence-corrected chi connectivity index (χ2v) is 18.4. The number of amides is 4. The molecule has 2 unspecified atom stereocenters. The number of fused-ring (bicyclic) bond motifs is 20. The Morgan fingerprint density at radius 2 is 0.971 bits per heavy atom. The monoisotopic (exact) mass is 932 g/mol. The van der Waals surface area contributed by atoms with Gasteiger partial charge < -0.3 is 38.8 Å². The first-order valence-electron chi connectivity index (χ1n) is 23.0. The lowest BCUT2D eigenvalue weighted by molar-refractivity contribution is -0.152. The van der Waals surface area contributed by atoms with Crippen molar-refractivity contribution in [2.45, 2.75) is 63.2 Å². The number of rotatable bonds is 4. The normalized spacial score (nSPS) is 21.7. The smallest absolute Gasteiger partial charge is 0.303 e. The fourth-order valence-electron chi connectivity index (χ4n) is 11.9. The van der Waals surface area contributed by atoms with Crippen molar-refractivity contribution in [3.63, 3.8) is 0 Å². The van der Waals surface area contributed by atoms with Crippen LogP contribution in [0, 0.1) is 0 Å². The van der Waals surface area contributed by atoms with Crippen LogP contribution in [0.3, 0.4) is 0 Å². The van der Waals surface area contributed by atoms with E-state index in [4.69, 9.17) is 9.47 Å². The van der Waals surface area contributed by atoms with Crippen molar-refractivity contribution in [3.8, 4) is 0 Å². The maximum absolute atomic E-state index is 13.2. The molecule has 6 heterocycles. The van der Waals surface area contributed by atoms with E-state index in [1.165, 1.54) is 13.8 Å². The van der Waals surface area contributed by atoms with Gasteiger partial charge in [-0.25, -0.2) is 0 Å². The molecule has 70 heavy (non-hydrogen) atoms. The summed E-state index contributed by atoms with van der Waals surface area (Å²) < 4.78 is 14.9. The lowest BCUT2D eigenvalue weighted by Gasteiger charge is -2.20. The number of H-pyrrole nitrogens is 2. The van der Waals surface area contributed by atoms with Crippen molar-refractivity contribution < 1.29 is 48.5 Å². The number of ether oxygens (including phenoxy) is 2. The molecule has 2 aliphatic heterocycles. The number of aliphatic hydroxyl groups is 2. The van der Waals surface area contributed by atoms with Crippen LogP contribution >= 0.6 is 0 Å². The molecule has 6 N–H and O–H groups in total. The van der Waals surface area contributed by atoms with E-state index in [-0.39, 0.29) is 36.4 Å². The van der Waals surface area contributed by atoms with Crippen LogP contribution < -0.4 is 10.6 Å². The number of para-hydroxylation sites is 4. The molecule has 6 atom stereocenters. The lowest BCUT2D eigenvalue weighted by atomic mass is 9.96. The number of hydrogen-bond donors (Lipinski definition) is 6. The molecular weight excluding hydrogens is 893 g/mol. The fraction of sp³-hybridized carbons (Fsp3) is 0.185. The number of aromatic amines is 2. The van der Waals surface area contributed by atoms with Crippen molar-refractivity contribution in [3.05, 3.63) is 131 Å². The number of allylic oxidation sites excluding steroid dienone is 1. The van der Waals surface area contributed by atoms with Crippen molar-refractivity contribution in [1.82, 2.24) is 29.7 Å². The van der Waals surface area contributed by atoms with Gasteiger partial charge in [-0.05, 0) is 30.3 Å². The first-order valence-corrected chi connectivity index (χ1v) is 23.0. The molecule has 0 bridgehead atoms. The molecule has 4 amide bonds. The molecule has 4 aliphatic rings. The molecule has 0 spiro atoms. The van der Waals surface area contributed by atoms with E-state index in [9.17, 15) is 39.0 Å². The number of benzene rings is 6. The molecular formula is C54H40N6O10. The van der Waals surface area contributed by atoms with Gasteiger partial charge in [0.15, 0.2) is 0 Å². The number of carbonyl (C=O) groups is 6. The van der Waals surface area contributed by atoms with Gasteiger partial charge in [-0.15, -0.1) is 0 Å². The zero-order chi connectivity index (χ0) is 48.0. The average molecular weight is 933 g/mol. The minimum Gasteiger partial charge on any atom is -0.460 e. The maximum atomic E-state index is 13.2. The molecule has 1 fully saturated rings. The summed E-state index contributed by atoms with van der Waals surface area (Å²) in [6.07, 6.45) is 1.05. The fourth-order valence-corrected chi connectivity index (χ4v) is 11.9. The molecule has 0 saturated heterocycles. The van der Waals surface area contributed by atoms with Crippen LogP contribution in [0.15, 0.2) is 109 Å². The van der Waals surface area contributed by atoms with E-state index >= 15 is 0 Å². The van der Waals surface area contributed by atoms with E-state index in [0.29, 0.717) is 50.5 Å². The van der Waals surface area contributed by atoms with Crippen LogP contribution in [0.4, 0.5) is 0 Å². The van der Waals surface area contributed by atoms with Crippen molar-refractivity contribution >= 4 is 123 Å². The Kier molecular flexibility index (Phi) is 8.88. The third-order valence-electron chi connectivity index (χ3n) is 14.5. The predicted molar refractivity (Wildman–Crippen MR) is 261 cm³/mol. The van der Waals surface area contributed by atoms with Gasteiger partial charge in [0, 0.05) is 91.8 Å². The van der Waals surface area contributed by atoms with Gasteiger partial charge in [0.1, 0.15) is 24.4 Å². The summed E-state index contributed by atoms with van der Waals surface area (Å²) in [6.45, 7) is 2.67. The number of imide groups is 2. The molecule has 6 aromatic carbocycles. The summed E-state index contributed by atoms with van der Waals surface area (Å²) in [6, 6.07) is 30.0. The highest BCUT2D eigenvalue weighted by Crippen LogP contribution is 2.48. The van der Waals surface area contributed by atoms with Gasteiger partial charge in [0.2, 0.25) is 0 Å². The SMILES string of the molecule is CC(=O)O[C@@H]1C=CC(n2c3ccccc3c3c4c(c5c6ccccc6[nH]c5c32)C(=O)NC4=O)C1.CC(=O)O[C@H]1CC(n2c3ccccc3c3c4c(c5c6ccccc6[nH]c5c32)C(=O)NC4=O)[C@H](O)[C@@H]1O. The Hall–Kier alpha value is -8.60. The summed E-state index contributed by atoms with van der Waals surface area (Å²) >= 11 is 0. The van der Waals surface area contributed by atoms with Crippen LogP contribution in [0.2, 0.25) is 0 Å². The molecule has 16 nitrogen and oxygen atoms in total. The van der Waals surface area contributed by atoms with Gasteiger partial charge in [0.05, 0.1) is 56.4 Å². The third-order valence-corrected chi connectivity index (χ3v) is 14.5. The Bertz CT molecular complexity index is 4100. The molecule has 1 saturated carbocycles. The van der Waals surface area contributed by atoms with E-state index in [1.54, 1.807) is 0 Å². The van der Waals surface area contributed by atoms with Gasteiger partial charge in [-0.3, -0.25) is 39.4 Å². The Labute approximate surface area is 394 Å². The Morgan fingerprint density at radius 3 is 1.49 bits per heavy atom. The van der Waals surface area contributed by atoms with Crippen LogP contribution in [-0.2, 0) is 19.1 Å². The second kappa shape index (κ2) is 14.9. The average Bonchev–Trinajstić information content (AvgIpc) is 4.23. The second-order valence-electron chi connectivity index (χ2n) is 18.4. The number of carbonyl (C=O) groups excluding carboxylic acids is 6. The molecule has 346 valence electrons. The molecule has 0 radical (unpaired) electrons. The van der Waals surface area contributed by atoms with Crippen LogP contribution in [0.25, 0.3) is 87.2 Å². The highest BCUT2D eigenvalue weighted by atomic mass is 16.6. The van der Waals surface area contributed by atoms with Crippen LogP contribution in [0.1, 0.15) is 80.2 Å². The molecule has 14 rings (SSSR count). The Morgan fingerprint density at radius 1 is 0.529 bits per heavy atom. The third kappa shape index (κ3) is 5.71. The van der Waals surface area contributed by atoms with Crippen molar-refractivity contribution in [1.29, 1.82) is 0 Å². The summed E-state index contributed by atoms with van der Waals surface area (Å²) in [5.41, 5.74) is 7.84. The highest BCUT2D eigenvalue weighted by Gasteiger charge is 2.46. The first kappa shape index (κ1) is 41.6. The molecule has 4 aromatic heterocycles. The standard InChI is InChI=1S/C27H21N3O6.C27H19N3O4/c1-11(31)36-17-10-16(24(32)25(17)33)30-15-9-5-3-7-13(15)19-21-20(26(34)29-27(21)35)18-12-6-2-4-8-14(12)28-22(18)23(19)30;1-13(31)34-15-11-10-14(12-15)30-19-9-5-3-7-17(19)21-23-22(26(32)29-27(23)33)20-16-6-2-4-8-18(16)28-24(20)25(21)30/h2-9,16-17,24-25,28,32-33H,10H2,1H3,(H,29,34,35);2-11,14-15,28H,12H2,1H3,(H,29,32,33)/t16?,17-,24-,25+;14?,15-/m01/s1. The first-order chi connectivity index (χ1) is 33.9. The zero-order valence-electron chi connectivity index (χ0n) is 37.3. The summed E-state index contributed by atoms with van der Waals surface area (Å²) in [5, 5.41) is 32.9. The number of aliphatic hydroxyl groups excluding tert-OH is 2. The van der Waals surface area contributed by atoms with Crippen molar-refractivity contribution in [2.24, 2.45) is 0 Å². The van der Waals surface area contributed by atoms with Crippen molar-refractivity contribution in [2.75, 3.05) is 0 Å². The number of aromatic nitrogens is 4. The van der Waals surface area contributed by atoms with E-state index in [2.05, 4.69) is 25.2 Å². The molecule has 2 aliphatic carbocycles. The highest BCUT2D eigenvalue weighted by molar-refractivity contribution is 6.41. The van der Waals surface area contributed by atoms with Crippen LogP contribution in [0.5, 0.6) is 0 Å². The Balaban J connectivity index is 0.000000137. The quantitative estimate of drug-likeness (QED) is 0.0574. The van der Waals surface area contributed by atoms with Crippen LogP contribution in [-0.4, -0.2) is 89.3 Å². The molecule has 10 aromatic rings. The minimum atomic E-state index is -1.27. The van der Waals surface area contributed by atoms with Gasteiger partial charge in [0.25, 0.3) is 23.6 Å². The molecule has 16 heteroatoms. The summed E-state index contributed by atoms with van der Waals surface area (Å²) in [5.74, 6) is -2.53. The van der Waals surface area contributed by atoms with E-state index in [1.807, 2.05) is 114 Å². The summed E-state index contributed by atoms with van der Waals surface area (Å²) in [7, 11) is 0. The number of nitrogens with zero attached hydrogens (tertiary/aromatic N) is 2. The van der Waals surface area contributed by atoms with E-state index in [0.717, 1.165) is 65.4 Å². The van der Waals surface area contributed by atoms with Gasteiger partial charge >= 0.3 is 11.9 Å². The number of esters is 2. The van der Waals surface area contributed by atoms with E-state index < -0.39 is 42.1 Å². The van der Waals surface area contributed by atoms with Gasteiger partial charge in [-0.2, -0.15) is 0 Å².